The van der Waals surface area contributed by atoms with Gasteiger partial charge in [0, 0.05) is 23.9 Å². The lowest BCUT2D eigenvalue weighted by atomic mass is 9.98. The van der Waals surface area contributed by atoms with Crippen molar-refractivity contribution >= 4 is 23.2 Å². The zero-order chi connectivity index (χ0) is 19.8. The second-order valence-corrected chi connectivity index (χ2v) is 6.99. The van der Waals surface area contributed by atoms with Gasteiger partial charge in [0.25, 0.3) is 11.8 Å². The third kappa shape index (κ3) is 2.99. The number of amides is 2. The van der Waals surface area contributed by atoms with Crippen molar-refractivity contribution in [3.8, 4) is 0 Å². The highest BCUT2D eigenvalue weighted by Gasteiger charge is 2.37. The second kappa shape index (κ2) is 6.98. The largest absolute Gasteiger partial charge is 0.321 e. The quantitative estimate of drug-likeness (QED) is 0.757. The third-order valence-corrected chi connectivity index (χ3v) is 5.22. The monoisotopic (exact) mass is 382 g/mol. The van der Waals surface area contributed by atoms with E-state index < -0.39 is 12.1 Å². The lowest BCUT2D eigenvalue weighted by molar-refractivity contribution is -0.120. The van der Waals surface area contributed by atoms with E-state index in [-0.39, 0.29) is 11.6 Å². The van der Waals surface area contributed by atoms with Crippen LogP contribution in [-0.2, 0) is 11.2 Å². The number of hydrogen-bond donors (Lipinski definition) is 1. The Balaban J connectivity index is 1.62. The van der Waals surface area contributed by atoms with Crippen LogP contribution in [0.5, 0.6) is 0 Å². The van der Waals surface area contributed by atoms with E-state index >= 15 is 0 Å². The second-order valence-electron chi connectivity index (χ2n) is 6.99. The van der Waals surface area contributed by atoms with Crippen molar-refractivity contribution in [2.45, 2.75) is 12.6 Å². The Morgan fingerprint density at radius 2 is 1.83 bits per heavy atom. The maximum atomic E-state index is 13.3. The van der Waals surface area contributed by atoms with Gasteiger partial charge >= 0.3 is 0 Å². The molecule has 29 heavy (non-hydrogen) atoms. The fourth-order valence-electron chi connectivity index (χ4n) is 3.88. The van der Waals surface area contributed by atoms with Gasteiger partial charge in [-0.15, -0.1) is 0 Å². The summed E-state index contributed by atoms with van der Waals surface area (Å²) < 4.78 is 0. The van der Waals surface area contributed by atoms with Crippen molar-refractivity contribution in [2.24, 2.45) is 4.99 Å². The Bertz CT molecular complexity index is 1130. The van der Waals surface area contributed by atoms with Crippen LogP contribution in [0.15, 0.2) is 77.9 Å². The number of pyridine rings is 1. The van der Waals surface area contributed by atoms with Crippen LogP contribution in [0, 0.1) is 0 Å². The Kier molecular flexibility index (Phi) is 4.17. The number of benzene rings is 2. The predicted molar refractivity (Wildman–Crippen MR) is 110 cm³/mol. The van der Waals surface area contributed by atoms with E-state index in [2.05, 4.69) is 10.3 Å². The molecule has 2 aliphatic heterocycles. The molecule has 0 saturated heterocycles. The molecule has 1 atom stereocenters. The van der Waals surface area contributed by atoms with Gasteiger partial charge in [0.2, 0.25) is 6.17 Å². The molecule has 1 N–H and O–H groups in total. The smallest absolute Gasteiger partial charge is 0.272 e. The number of aromatic nitrogens is 1. The molecular formula is C23H18N4O2. The SMILES string of the molecule is O=C(NC1N=C(c2ccccc2)c2cccc3c2N(CC3)C1=O)c1ccccn1. The van der Waals surface area contributed by atoms with Crippen LogP contribution < -0.4 is 10.2 Å². The lowest BCUT2D eigenvalue weighted by Gasteiger charge is -2.20. The number of carbonyl (C=O) groups excluding carboxylic acids is 2. The van der Waals surface area contributed by atoms with E-state index in [0.717, 1.165) is 28.8 Å². The van der Waals surface area contributed by atoms with E-state index in [0.29, 0.717) is 12.3 Å². The van der Waals surface area contributed by atoms with E-state index in [4.69, 9.17) is 4.99 Å². The molecule has 6 nitrogen and oxygen atoms in total. The molecular weight excluding hydrogens is 364 g/mol. The molecule has 0 fully saturated rings. The first-order valence-corrected chi connectivity index (χ1v) is 9.51. The maximum absolute atomic E-state index is 13.3. The molecule has 3 aromatic rings. The molecule has 0 saturated carbocycles. The van der Waals surface area contributed by atoms with Gasteiger partial charge in [-0.1, -0.05) is 54.6 Å². The van der Waals surface area contributed by atoms with Gasteiger partial charge in [0.05, 0.1) is 11.4 Å². The Morgan fingerprint density at radius 3 is 2.62 bits per heavy atom. The van der Waals surface area contributed by atoms with Crippen LogP contribution in [0.3, 0.4) is 0 Å². The molecule has 2 amide bonds. The normalized spacial score (nSPS) is 17.4. The van der Waals surface area contributed by atoms with Crippen molar-refractivity contribution in [1.29, 1.82) is 0 Å². The topological polar surface area (TPSA) is 74.7 Å². The van der Waals surface area contributed by atoms with Crippen molar-refractivity contribution < 1.29 is 9.59 Å². The Hall–Kier alpha value is -3.80. The minimum Gasteiger partial charge on any atom is -0.321 e. The third-order valence-electron chi connectivity index (χ3n) is 5.22. The average Bonchev–Trinajstić information content (AvgIpc) is 3.17. The van der Waals surface area contributed by atoms with Crippen molar-refractivity contribution in [1.82, 2.24) is 10.3 Å². The molecule has 5 rings (SSSR count). The average molecular weight is 382 g/mol. The number of nitrogens with zero attached hydrogens (tertiary/aromatic N) is 3. The molecule has 2 aliphatic rings. The van der Waals surface area contributed by atoms with Crippen LogP contribution in [0.2, 0.25) is 0 Å². The van der Waals surface area contributed by atoms with Gasteiger partial charge in [-0.05, 0) is 24.1 Å². The molecule has 0 aliphatic carbocycles. The summed E-state index contributed by atoms with van der Waals surface area (Å²) in [7, 11) is 0. The van der Waals surface area contributed by atoms with Crippen LogP contribution in [0.4, 0.5) is 5.69 Å². The number of carbonyl (C=O) groups is 2. The highest BCUT2D eigenvalue weighted by molar-refractivity contribution is 6.21. The van der Waals surface area contributed by atoms with Crippen LogP contribution in [0.25, 0.3) is 0 Å². The minimum absolute atomic E-state index is 0.230. The summed E-state index contributed by atoms with van der Waals surface area (Å²) in [6.45, 7) is 0.582. The van der Waals surface area contributed by atoms with Crippen molar-refractivity contribution in [2.75, 3.05) is 11.4 Å². The van der Waals surface area contributed by atoms with E-state index in [1.54, 1.807) is 29.3 Å². The van der Waals surface area contributed by atoms with Gasteiger partial charge in [0.15, 0.2) is 0 Å². The van der Waals surface area contributed by atoms with Gasteiger partial charge in [0.1, 0.15) is 5.69 Å². The Morgan fingerprint density at radius 1 is 1.00 bits per heavy atom. The number of para-hydroxylation sites is 1. The summed E-state index contributed by atoms with van der Waals surface area (Å²) in [6.07, 6.45) is 1.32. The highest BCUT2D eigenvalue weighted by atomic mass is 16.2. The first kappa shape index (κ1) is 17.3. The van der Waals surface area contributed by atoms with Gasteiger partial charge in [-0.3, -0.25) is 14.6 Å². The number of rotatable bonds is 3. The molecule has 2 aromatic carbocycles. The van der Waals surface area contributed by atoms with Gasteiger partial charge < -0.3 is 10.2 Å². The first-order chi connectivity index (χ1) is 14.2. The highest BCUT2D eigenvalue weighted by Crippen LogP contribution is 2.36. The molecule has 0 spiro atoms. The number of hydrogen-bond acceptors (Lipinski definition) is 4. The van der Waals surface area contributed by atoms with Gasteiger partial charge in [-0.2, -0.15) is 0 Å². The lowest BCUT2D eigenvalue weighted by Crippen LogP contribution is -2.47. The summed E-state index contributed by atoms with van der Waals surface area (Å²) in [5.74, 6) is -0.656. The zero-order valence-corrected chi connectivity index (χ0v) is 15.6. The van der Waals surface area contributed by atoms with E-state index in [9.17, 15) is 9.59 Å². The first-order valence-electron chi connectivity index (χ1n) is 9.51. The van der Waals surface area contributed by atoms with Crippen molar-refractivity contribution in [3.63, 3.8) is 0 Å². The Labute approximate surface area is 167 Å². The number of anilines is 1. The summed E-state index contributed by atoms with van der Waals surface area (Å²) in [5, 5.41) is 2.77. The van der Waals surface area contributed by atoms with E-state index in [1.165, 1.54) is 0 Å². The minimum atomic E-state index is -1.02. The summed E-state index contributed by atoms with van der Waals surface area (Å²) in [4.78, 5) is 36.5. The van der Waals surface area contributed by atoms with Crippen LogP contribution in [-0.4, -0.2) is 35.2 Å². The van der Waals surface area contributed by atoms with Crippen LogP contribution in [0.1, 0.15) is 27.2 Å². The molecule has 3 heterocycles. The zero-order valence-electron chi connectivity index (χ0n) is 15.6. The fraction of sp³-hybridized carbons (Fsp3) is 0.130. The van der Waals surface area contributed by atoms with Crippen LogP contribution >= 0.6 is 0 Å². The van der Waals surface area contributed by atoms with Gasteiger partial charge in [-0.25, -0.2) is 4.99 Å². The summed E-state index contributed by atoms with van der Waals surface area (Å²) >= 11 is 0. The van der Waals surface area contributed by atoms with Crippen molar-refractivity contribution in [3.05, 3.63) is 95.3 Å². The molecule has 1 aromatic heterocycles. The number of nitrogens with one attached hydrogen (secondary N) is 1. The predicted octanol–water partition coefficient (Wildman–Crippen LogP) is 2.58. The molecule has 6 heteroatoms. The molecule has 0 radical (unpaired) electrons. The molecule has 1 unspecified atom stereocenters. The van der Waals surface area contributed by atoms with E-state index in [1.807, 2.05) is 48.5 Å². The molecule has 142 valence electrons. The molecule has 0 bridgehead atoms. The summed E-state index contributed by atoms with van der Waals surface area (Å²) in [6, 6.07) is 20.8. The standard InChI is InChI=1S/C23H18N4O2/c28-22(18-11-4-5-13-24-18)26-21-23(29)27-14-12-16-9-6-10-17(20(16)27)19(25-21)15-7-2-1-3-8-15/h1-11,13,21H,12,14H2,(H,26,28). The maximum Gasteiger partial charge on any atom is 0.272 e. The summed E-state index contributed by atoms with van der Waals surface area (Å²) in [5.41, 5.74) is 4.78. The number of aliphatic imine (C=N–C) groups is 1. The fourth-order valence-corrected chi connectivity index (χ4v) is 3.88.